The molecule has 0 aliphatic heterocycles. The van der Waals surface area contributed by atoms with E-state index in [0.29, 0.717) is 16.6 Å². The van der Waals surface area contributed by atoms with Gasteiger partial charge < -0.3 is 10.5 Å². The minimum absolute atomic E-state index is 0.110. The molecular formula is C14H12BrF2NO. The Bertz CT molecular complexity index is 590. The maximum absolute atomic E-state index is 13.4. The van der Waals surface area contributed by atoms with E-state index in [0.717, 1.165) is 11.6 Å². The van der Waals surface area contributed by atoms with Crippen LogP contribution in [0.1, 0.15) is 5.56 Å². The zero-order chi connectivity index (χ0) is 13.8. The molecule has 0 aromatic heterocycles. The largest absolute Gasteiger partial charge is 0.490 e. The van der Waals surface area contributed by atoms with Gasteiger partial charge in [0.05, 0.1) is 6.61 Å². The van der Waals surface area contributed by atoms with E-state index in [1.807, 2.05) is 18.2 Å². The molecule has 0 radical (unpaired) electrons. The normalized spacial score (nSPS) is 10.5. The van der Waals surface area contributed by atoms with Crippen molar-refractivity contribution in [2.75, 3.05) is 12.3 Å². The quantitative estimate of drug-likeness (QED) is 0.682. The Morgan fingerprint density at radius 2 is 1.89 bits per heavy atom. The summed E-state index contributed by atoms with van der Waals surface area (Å²) in [5.74, 6) is -2.03. The zero-order valence-corrected chi connectivity index (χ0v) is 11.6. The highest BCUT2D eigenvalue weighted by atomic mass is 79.9. The number of hydrogen-bond donors (Lipinski definition) is 1. The second-order valence-corrected chi connectivity index (χ2v) is 4.91. The van der Waals surface area contributed by atoms with Gasteiger partial charge in [0, 0.05) is 16.6 Å². The Morgan fingerprint density at radius 3 is 2.63 bits per heavy atom. The van der Waals surface area contributed by atoms with Crippen LogP contribution in [0.3, 0.4) is 0 Å². The fourth-order valence-electron chi connectivity index (χ4n) is 1.67. The van der Waals surface area contributed by atoms with Gasteiger partial charge in [-0.1, -0.05) is 34.1 Å². The number of ether oxygens (including phenoxy) is 1. The van der Waals surface area contributed by atoms with E-state index in [-0.39, 0.29) is 12.4 Å². The summed E-state index contributed by atoms with van der Waals surface area (Å²) in [7, 11) is 0. The predicted octanol–water partition coefficient (Wildman–Crippen LogP) is 3.93. The van der Waals surface area contributed by atoms with E-state index >= 15 is 0 Å². The predicted molar refractivity (Wildman–Crippen MR) is 74.1 cm³/mol. The lowest BCUT2D eigenvalue weighted by Gasteiger charge is -2.09. The van der Waals surface area contributed by atoms with Gasteiger partial charge in [0.2, 0.25) is 5.82 Å². The molecule has 0 aliphatic carbocycles. The van der Waals surface area contributed by atoms with Gasteiger partial charge in [0.25, 0.3) is 0 Å². The first-order chi connectivity index (χ1) is 9.08. The van der Waals surface area contributed by atoms with E-state index < -0.39 is 11.6 Å². The Kier molecular flexibility index (Phi) is 4.37. The van der Waals surface area contributed by atoms with Crippen molar-refractivity contribution >= 4 is 21.6 Å². The molecule has 0 amide bonds. The molecule has 19 heavy (non-hydrogen) atoms. The highest BCUT2D eigenvalue weighted by molar-refractivity contribution is 9.10. The minimum Gasteiger partial charge on any atom is -0.490 e. The lowest BCUT2D eigenvalue weighted by molar-refractivity contribution is 0.299. The average Bonchev–Trinajstić information content (AvgIpc) is 2.37. The van der Waals surface area contributed by atoms with Crippen LogP contribution in [0.2, 0.25) is 0 Å². The molecule has 0 saturated heterocycles. The fraction of sp³-hybridized carbons (Fsp3) is 0.143. The van der Waals surface area contributed by atoms with Crippen LogP contribution in [-0.4, -0.2) is 6.61 Å². The molecule has 0 atom stereocenters. The smallest absolute Gasteiger partial charge is 0.200 e. The third-order valence-electron chi connectivity index (χ3n) is 2.64. The van der Waals surface area contributed by atoms with Crippen LogP contribution in [0.5, 0.6) is 5.75 Å². The molecule has 0 heterocycles. The molecule has 2 N–H and O–H groups in total. The number of rotatable bonds is 4. The standard InChI is InChI=1S/C14H12BrF2NO/c15-10-7-11(16)14(17)13(8-10)19-6-5-9-3-1-2-4-12(9)18/h1-4,7-8H,5-6,18H2. The highest BCUT2D eigenvalue weighted by Crippen LogP contribution is 2.25. The van der Waals surface area contributed by atoms with E-state index in [9.17, 15) is 8.78 Å². The molecule has 0 spiro atoms. The SMILES string of the molecule is Nc1ccccc1CCOc1cc(Br)cc(F)c1F. The third-order valence-corrected chi connectivity index (χ3v) is 3.10. The van der Waals surface area contributed by atoms with Gasteiger partial charge in [0.1, 0.15) is 0 Å². The van der Waals surface area contributed by atoms with Gasteiger partial charge in [-0.25, -0.2) is 4.39 Å². The van der Waals surface area contributed by atoms with Crippen LogP contribution in [0.25, 0.3) is 0 Å². The lowest BCUT2D eigenvalue weighted by Crippen LogP contribution is -2.05. The summed E-state index contributed by atoms with van der Waals surface area (Å²) in [4.78, 5) is 0. The van der Waals surface area contributed by atoms with Crippen molar-refractivity contribution in [2.45, 2.75) is 6.42 Å². The van der Waals surface area contributed by atoms with Crippen LogP contribution in [0.15, 0.2) is 40.9 Å². The Morgan fingerprint density at radius 1 is 1.16 bits per heavy atom. The summed E-state index contributed by atoms with van der Waals surface area (Å²) in [5, 5.41) is 0. The van der Waals surface area contributed by atoms with E-state index in [4.69, 9.17) is 10.5 Å². The first-order valence-corrected chi connectivity index (χ1v) is 6.48. The molecule has 5 heteroatoms. The topological polar surface area (TPSA) is 35.2 Å². The van der Waals surface area contributed by atoms with Crippen molar-refractivity contribution in [1.29, 1.82) is 0 Å². The number of nitrogens with two attached hydrogens (primary N) is 1. The summed E-state index contributed by atoms with van der Waals surface area (Å²) in [6.45, 7) is 0.223. The molecule has 100 valence electrons. The average molecular weight is 328 g/mol. The van der Waals surface area contributed by atoms with Crippen molar-refractivity contribution in [2.24, 2.45) is 0 Å². The molecule has 0 unspecified atom stereocenters. The van der Waals surface area contributed by atoms with Gasteiger partial charge in [-0.15, -0.1) is 0 Å². The van der Waals surface area contributed by atoms with Gasteiger partial charge in [-0.3, -0.25) is 0 Å². The van der Waals surface area contributed by atoms with Gasteiger partial charge in [0.15, 0.2) is 11.6 Å². The number of benzene rings is 2. The van der Waals surface area contributed by atoms with Crippen LogP contribution in [0, 0.1) is 11.6 Å². The molecule has 0 saturated carbocycles. The minimum atomic E-state index is -0.982. The lowest BCUT2D eigenvalue weighted by atomic mass is 10.1. The van der Waals surface area contributed by atoms with Crippen molar-refractivity contribution < 1.29 is 13.5 Å². The van der Waals surface area contributed by atoms with Crippen LogP contribution in [-0.2, 0) is 6.42 Å². The Hall–Kier alpha value is -1.62. The number of hydrogen-bond acceptors (Lipinski definition) is 2. The Balaban J connectivity index is 2.02. The van der Waals surface area contributed by atoms with Gasteiger partial charge >= 0.3 is 0 Å². The number of halogens is 3. The second kappa shape index (κ2) is 6.02. The van der Waals surface area contributed by atoms with Crippen LogP contribution in [0.4, 0.5) is 14.5 Å². The van der Waals surface area contributed by atoms with E-state index in [2.05, 4.69) is 15.9 Å². The van der Waals surface area contributed by atoms with Gasteiger partial charge in [-0.05, 0) is 23.8 Å². The second-order valence-electron chi connectivity index (χ2n) is 4.00. The van der Waals surface area contributed by atoms with Crippen molar-refractivity contribution in [3.8, 4) is 5.75 Å². The molecule has 0 bridgehead atoms. The first-order valence-electron chi connectivity index (χ1n) is 5.68. The highest BCUT2D eigenvalue weighted by Gasteiger charge is 2.11. The summed E-state index contributed by atoms with van der Waals surface area (Å²) < 4.78 is 32.3. The monoisotopic (exact) mass is 327 g/mol. The molecule has 2 rings (SSSR count). The molecule has 2 nitrogen and oxygen atoms in total. The summed E-state index contributed by atoms with van der Waals surface area (Å²) >= 11 is 3.09. The van der Waals surface area contributed by atoms with Gasteiger partial charge in [-0.2, -0.15) is 4.39 Å². The number of nitrogen functional groups attached to an aromatic ring is 1. The maximum atomic E-state index is 13.4. The van der Waals surface area contributed by atoms with E-state index in [1.165, 1.54) is 6.07 Å². The third kappa shape index (κ3) is 3.44. The van der Waals surface area contributed by atoms with Crippen molar-refractivity contribution in [3.63, 3.8) is 0 Å². The fourth-order valence-corrected chi connectivity index (χ4v) is 2.08. The maximum Gasteiger partial charge on any atom is 0.200 e. The molecule has 0 aliphatic rings. The van der Waals surface area contributed by atoms with Crippen LogP contribution < -0.4 is 10.5 Å². The van der Waals surface area contributed by atoms with Crippen molar-refractivity contribution in [1.82, 2.24) is 0 Å². The van der Waals surface area contributed by atoms with Crippen LogP contribution >= 0.6 is 15.9 Å². The zero-order valence-electron chi connectivity index (χ0n) is 10.00. The Labute approximate surface area is 118 Å². The molecule has 0 fully saturated rings. The molecular weight excluding hydrogens is 316 g/mol. The summed E-state index contributed by atoms with van der Waals surface area (Å²) in [5.41, 5.74) is 7.36. The summed E-state index contributed by atoms with van der Waals surface area (Å²) in [6.07, 6.45) is 0.528. The first kappa shape index (κ1) is 13.8. The molecule has 2 aromatic rings. The number of anilines is 1. The molecule has 2 aromatic carbocycles. The van der Waals surface area contributed by atoms with Crippen molar-refractivity contribution in [3.05, 3.63) is 58.1 Å². The number of para-hydroxylation sites is 1. The van der Waals surface area contributed by atoms with E-state index in [1.54, 1.807) is 6.07 Å². The summed E-state index contributed by atoms with van der Waals surface area (Å²) in [6, 6.07) is 9.81.